The van der Waals surface area contributed by atoms with Crippen LogP contribution in [0, 0.1) is 0 Å². The predicted octanol–water partition coefficient (Wildman–Crippen LogP) is 2.94. The average molecular weight is 332 g/mol. The average Bonchev–Trinajstić information content (AvgIpc) is 2.50. The van der Waals surface area contributed by atoms with Crippen LogP contribution in [0.5, 0.6) is 5.75 Å². The van der Waals surface area contributed by atoms with E-state index in [1.165, 1.54) is 19.2 Å². The number of hydrogen-bond acceptors (Lipinski definition) is 6. The first-order valence-electron chi connectivity index (χ1n) is 7.34. The number of esters is 1. The standard InChI is InChI=1S/C17H20N2O5/c1-17(2,3)24-16(22)14-11(18-4)8-10-9(15(20)21)6-7-12(23-5)13(10)19-14/h6-8,18H,1-5H3,(H,20,21). The molecule has 1 aromatic carbocycles. The molecular formula is C17H20N2O5. The third-order valence-corrected chi connectivity index (χ3v) is 3.26. The fourth-order valence-corrected chi connectivity index (χ4v) is 2.26. The summed E-state index contributed by atoms with van der Waals surface area (Å²) >= 11 is 0. The minimum atomic E-state index is -1.09. The molecule has 128 valence electrons. The Kier molecular flexibility index (Phi) is 4.64. The molecule has 1 aromatic heterocycles. The van der Waals surface area contributed by atoms with Crippen molar-refractivity contribution in [1.29, 1.82) is 0 Å². The number of nitrogens with one attached hydrogen (secondary N) is 1. The van der Waals surface area contributed by atoms with E-state index in [9.17, 15) is 14.7 Å². The van der Waals surface area contributed by atoms with E-state index in [0.29, 0.717) is 16.8 Å². The van der Waals surface area contributed by atoms with Crippen molar-refractivity contribution in [3.8, 4) is 5.75 Å². The quantitative estimate of drug-likeness (QED) is 0.831. The van der Waals surface area contributed by atoms with Crippen LogP contribution >= 0.6 is 0 Å². The van der Waals surface area contributed by atoms with Gasteiger partial charge < -0.3 is 19.9 Å². The minimum absolute atomic E-state index is 0.0702. The summed E-state index contributed by atoms with van der Waals surface area (Å²) < 4.78 is 10.6. The van der Waals surface area contributed by atoms with Crippen molar-refractivity contribution in [2.75, 3.05) is 19.5 Å². The normalized spacial score (nSPS) is 11.2. The lowest BCUT2D eigenvalue weighted by molar-refractivity contribution is 0.00644. The molecular weight excluding hydrogens is 312 g/mol. The minimum Gasteiger partial charge on any atom is -0.494 e. The molecule has 7 heteroatoms. The van der Waals surface area contributed by atoms with E-state index in [1.807, 2.05) is 0 Å². The molecule has 0 aliphatic carbocycles. The van der Waals surface area contributed by atoms with Crippen LogP contribution in [0.25, 0.3) is 10.9 Å². The van der Waals surface area contributed by atoms with Crippen LogP contribution in [0.4, 0.5) is 5.69 Å². The zero-order valence-electron chi connectivity index (χ0n) is 14.3. The molecule has 1 heterocycles. The third-order valence-electron chi connectivity index (χ3n) is 3.26. The van der Waals surface area contributed by atoms with Gasteiger partial charge in [0.05, 0.1) is 18.4 Å². The number of benzene rings is 1. The largest absolute Gasteiger partial charge is 0.494 e. The smallest absolute Gasteiger partial charge is 0.359 e. The second-order valence-corrected chi connectivity index (χ2v) is 6.15. The van der Waals surface area contributed by atoms with Crippen LogP contribution in [0.2, 0.25) is 0 Å². The van der Waals surface area contributed by atoms with Gasteiger partial charge in [0.15, 0.2) is 5.69 Å². The van der Waals surface area contributed by atoms with Gasteiger partial charge in [0.25, 0.3) is 0 Å². The van der Waals surface area contributed by atoms with Crippen LogP contribution in [-0.4, -0.2) is 41.8 Å². The summed E-state index contributed by atoms with van der Waals surface area (Å²) in [6, 6.07) is 4.52. The Morgan fingerprint density at radius 2 is 1.92 bits per heavy atom. The Hall–Kier alpha value is -2.83. The molecule has 7 nitrogen and oxygen atoms in total. The number of methoxy groups -OCH3 is 1. The molecule has 0 bridgehead atoms. The maximum absolute atomic E-state index is 12.4. The van der Waals surface area contributed by atoms with E-state index < -0.39 is 17.5 Å². The van der Waals surface area contributed by atoms with Gasteiger partial charge in [-0.05, 0) is 39.0 Å². The van der Waals surface area contributed by atoms with Crippen LogP contribution in [-0.2, 0) is 4.74 Å². The van der Waals surface area contributed by atoms with E-state index >= 15 is 0 Å². The van der Waals surface area contributed by atoms with Crippen molar-refractivity contribution in [2.24, 2.45) is 0 Å². The Morgan fingerprint density at radius 3 is 2.42 bits per heavy atom. The highest BCUT2D eigenvalue weighted by Crippen LogP contribution is 2.31. The summed E-state index contributed by atoms with van der Waals surface area (Å²) in [5, 5.41) is 12.6. The summed E-state index contributed by atoms with van der Waals surface area (Å²) in [4.78, 5) is 28.2. The first-order valence-corrected chi connectivity index (χ1v) is 7.34. The highest BCUT2D eigenvalue weighted by Gasteiger charge is 2.24. The Morgan fingerprint density at radius 1 is 1.25 bits per heavy atom. The van der Waals surface area contributed by atoms with Crippen LogP contribution < -0.4 is 10.1 Å². The van der Waals surface area contributed by atoms with Gasteiger partial charge in [0.2, 0.25) is 0 Å². The molecule has 0 amide bonds. The predicted molar refractivity (Wildman–Crippen MR) is 90.0 cm³/mol. The van der Waals surface area contributed by atoms with Crippen LogP contribution in [0.15, 0.2) is 18.2 Å². The SMILES string of the molecule is CNc1cc2c(C(=O)O)ccc(OC)c2nc1C(=O)OC(C)(C)C. The second-order valence-electron chi connectivity index (χ2n) is 6.15. The topological polar surface area (TPSA) is 97.8 Å². The number of hydrogen-bond donors (Lipinski definition) is 2. The lowest BCUT2D eigenvalue weighted by Gasteiger charge is -2.20. The number of carboxylic acids is 1. The van der Waals surface area contributed by atoms with Crippen LogP contribution in [0.1, 0.15) is 41.6 Å². The zero-order chi connectivity index (χ0) is 18.1. The molecule has 0 fully saturated rings. The molecule has 0 saturated carbocycles. The number of pyridine rings is 1. The van der Waals surface area contributed by atoms with Gasteiger partial charge in [-0.1, -0.05) is 0 Å². The number of rotatable bonds is 4. The number of nitrogens with zero attached hydrogens (tertiary/aromatic N) is 1. The molecule has 2 aromatic rings. The van der Waals surface area contributed by atoms with E-state index in [-0.39, 0.29) is 16.8 Å². The molecule has 0 aliphatic rings. The summed E-state index contributed by atoms with van der Waals surface area (Å²) in [6.45, 7) is 5.27. The molecule has 0 spiro atoms. The first-order chi connectivity index (χ1) is 11.2. The first kappa shape index (κ1) is 17.5. The van der Waals surface area contributed by atoms with Crippen molar-refractivity contribution in [3.05, 3.63) is 29.5 Å². The Balaban J connectivity index is 2.74. The summed E-state index contributed by atoms with van der Waals surface area (Å²) in [6.07, 6.45) is 0. The zero-order valence-corrected chi connectivity index (χ0v) is 14.3. The molecule has 2 rings (SSSR count). The van der Waals surface area contributed by atoms with Crippen molar-refractivity contribution >= 4 is 28.5 Å². The van der Waals surface area contributed by atoms with E-state index in [1.54, 1.807) is 33.9 Å². The van der Waals surface area contributed by atoms with Gasteiger partial charge >= 0.3 is 11.9 Å². The summed E-state index contributed by atoms with van der Waals surface area (Å²) in [5.41, 5.74) is 0.141. The lowest BCUT2D eigenvalue weighted by Crippen LogP contribution is -2.25. The number of carbonyl (C=O) groups is 2. The van der Waals surface area contributed by atoms with Crippen molar-refractivity contribution in [2.45, 2.75) is 26.4 Å². The number of carboxylic acid groups (broad SMARTS) is 1. The molecule has 2 N–H and O–H groups in total. The van der Waals surface area contributed by atoms with Gasteiger partial charge in [0.1, 0.15) is 16.9 Å². The molecule has 24 heavy (non-hydrogen) atoms. The maximum Gasteiger partial charge on any atom is 0.359 e. The number of ether oxygens (including phenoxy) is 2. The number of aromatic nitrogens is 1. The fourth-order valence-electron chi connectivity index (χ4n) is 2.26. The third kappa shape index (κ3) is 3.40. The number of aromatic carboxylic acids is 1. The molecule has 0 unspecified atom stereocenters. The molecule has 0 atom stereocenters. The van der Waals surface area contributed by atoms with Crippen molar-refractivity contribution < 1.29 is 24.2 Å². The maximum atomic E-state index is 12.4. The Labute approximate surface area is 139 Å². The van der Waals surface area contributed by atoms with E-state index in [0.717, 1.165) is 0 Å². The van der Waals surface area contributed by atoms with Gasteiger partial charge in [-0.25, -0.2) is 14.6 Å². The van der Waals surface area contributed by atoms with Crippen LogP contribution in [0.3, 0.4) is 0 Å². The lowest BCUT2D eigenvalue weighted by atomic mass is 10.1. The molecule has 0 aliphatic heterocycles. The highest BCUT2D eigenvalue weighted by atomic mass is 16.6. The van der Waals surface area contributed by atoms with Gasteiger partial charge in [-0.3, -0.25) is 0 Å². The highest BCUT2D eigenvalue weighted by molar-refractivity contribution is 6.07. The Bertz CT molecular complexity index is 809. The fraction of sp³-hybridized carbons (Fsp3) is 0.353. The van der Waals surface area contributed by atoms with Crippen molar-refractivity contribution in [1.82, 2.24) is 4.98 Å². The summed E-state index contributed by atoms with van der Waals surface area (Å²) in [5.74, 6) is -1.31. The van der Waals surface area contributed by atoms with E-state index in [4.69, 9.17) is 9.47 Å². The van der Waals surface area contributed by atoms with Gasteiger partial charge in [-0.15, -0.1) is 0 Å². The molecule has 0 radical (unpaired) electrons. The molecule has 0 saturated heterocycles. The number of fused-ring (bicyclic) bond motifs is 1. The van der Waals surface area contributed by atoms with Crippen molar-refractivity contribution in [3.63, 3.8) is 0 Å². The number of carbonyl (C=O) groups excluding carboxylic acids is 1. The van der Waals surface area contributed by atoms with E-state index in [2.05, 4.69) is 10.3 Å². The summed E-state index contributed by atoms with van der Waals surface area (Å²) in [7, 11) is 3.08. The number of anilines is 1. The monoisotopic (exact) mass is 332 g/mol. The van der Waals surface area contributed by atoms with Gasteiger partial charge in [0, 0.05) is 12.4 Å². The van der Waals surface area contributed by atoms with Gasteiger partial charge in [-0.2, -0.15) is 0 Å². The second kappa shape index (κ2) is 6.35.